The molecule has 2 unspecified atom stereocenters. The van der Waals surface area contributed by atoms with Gasteiger partial charge >= 0.3 is 0 Å². The van der Waals surface area contributed by atoms with Crippen molar-refractivity contribution >= 4 is 22.6 Å². The molecular formula is C9H22ClN3O2S. The Balaban J connectivity index is 0.00000225. The zero-order valence-corrected chi connectivity index (χ0v) is 11.7. The maximum absolute atomic E-state index is 12.0. The highest BCUT2D eigenvalue weighted by atomic mass is 35.5. The molecule has 0 aromatic rings. The second kappa shape index (κ2) is 6.16. The first-order chi connectivity index (χ1) is 6.91. The lowest BCUT2D eigenvalue weighted by atomic mass is 9.93. The van der Waals surface area contributed by atoms with E-state index < -0.39 is 10.2 Å². The van der Waals surface area contributed by atoms with Crippen LogP contribution in [0.4, 0.5) is 0 Å². The van der Waals surface area contributed by atoms with Crippen LogP contribution >= 0.6 is 12.4 Å². The lowest BCUT2D eigenvalue weighted by molar-refractivity contribution is 0.184. The SMILES string of the molecule is CC1CCCN(S(=O)(=O)N(C)C)C1CN.Cl. The number of piperidine rings is 1. The van der Waals surface area contributed by atoms with Crippen LogP contribution in [0.5, 0.6) is 0 Å². The predicted molar refractivity (Wildman–Crippen MR) is 67.8 cm³/mol. The Morgan fingerprint density at radius 3 is 2.44 bits per heavy atom. The molecule has 0 aliphatic carbocycles. The maximum atomic E-state index is 12.0. The Hall–Kier alpha value is 0.120. The van der Waals surface area contributed by atoms with Gasteiger partial charge in [-0.15, -0.1) is 12.4 Å². The molecule has 0 radical (unpaired) electrons. The summed E-state index contributed by atoms with van der Waals surface area (Å²) in [5, 5.41) is 0. The van der Waals surface area contributed by atoms with Gasteiger partial charge in [0.05, 0.1) is 0 Å². The maximum Gasteiger partial charge on any atom is 0.281 e. The van der Waals surface area contributed by atoms with Gasteiger partial charge in [-0.05, 0) is 18.8 Å². The average Bonchev–Trinajstić information content (AvgIpc) is 2.17. The van der Waals surface area contributed by atoms with E-state index in [1.807, 2.05) is 0 Å². The van der Waals surface area contributed by atoms with Crippen LogP contribution < -0.4 is 5.73 Å². The first-order valence-corrected chi connectivity index (χ1v) is 6.70. The molecule has 1 aliphatic heterocycles. The molecule has 1 rings (SSSR count). The smallest absolute Gasteiger partial charge is 0.281 e. The molecule has 0 amide bonds. The largest absolute Gasteiger partial charge is 0.329 e. The van der Waals surface area contributed by atoms with Crippen LogP contribution in [0.1, 0.15) is 19.8 Å². The molecule has 98 valence electrons. The van der Waals surface area contributed by atoms with Crippen molar-refractivity contribution in [2.45, 2.75) is 25.8 Å². The van der Waals surface area contributed by atoms with Gasteiger partial charge in [0, 0.05) is 33.2 Å². The van der Waals surface area contributed by atoms with Crippen molar-refractivity contribution in [2.75, 3.05) is 27.2 Å². The van der Waals surface area contributed by atoms with Gasteiger partial charge in [-0.25, -0.2) is 0 Å². The Morgan fingerprint density at radius 1 is 1.44 bits per heavy atom. The molecule has 5 nitrogen and oxygen atoms in total. The molecule has 0 aromatic carbocycles. The molecule has 1 fully saturated rings. The monoisotopic (exact) mass is 271 g/mol. The van der Waals surface area contributed by atoms with Crippen LogP contribution in [-0.2, 0) is 10.2 Å². The summed E-state index contributed by atoms with van der Waals surface area (Å²) < 4.78 is 26.8. The molecule has 0 aromatic heterocycles. The first kappa shape index (κ1) is 16.1. The van der Waals surface area contributed by atoms with Crippen LogP contribution in [0, 0.1) is 5.92 Å². The summed E-state index contributed by atoms with van der Waals surface area (Å²) in [7, 11) is -0.192. The second-order valence-electron chi connectivity index (χ2n) is 4.32. The first-order valence-electron chi connectivity index (χ1n) is 5.30. The van der Waals surface area contributed by atoms with E-state index in [1.165, 1.54) is 4.31 Å². The number of nitrogens with two attached hydrogens (primary N) is 1. The van der Waals surface area contributed by atoms with Crippen LogP contribution in [0.2, 0.25) is 0 Å². The summed E-state index contributed by atoms with van der Waals surface area (Å²) in [5.41, 5.74) is 5.66. The topological polar surface area (TPSA) is 66.6 Å². The number of hydrogen-bond donors (Lipinski definition) is 1. The Labute approximate surface area is 105 Å². The molecule has 7 heteroatoms. The van der Waals surface area contributed by atoms with E-state index in [0.29, 0.717) is 19.0 Å². The molecule has 0 bridgehead atoms. The van der Waals surface area contributed by atoms with Gasteiger partial charge < -0.3 is 5.73 Å². The standard InChI is InChI=1S/C9H21N3O2S.ClH/c1-8-5-4-6-12(9(8)7-10)15(13,14)11(2)3;/h8-9H,4-7,10H2,1-3H3;1H. The molecule has 2 N–H and O–H groups in total. The van der Waals surface area contributed by atoms with Crippen molar-refractivity contribution in [1.82, 2.24) is 8.61 Å². The minimum absolute atomic E-state index is 0. The summed E-state index contributed by atoms with van der Waals surface area (Å²) in [6.07, 6.45) is 1.98. The molecule has 2 atom stereocenters. The lowest BCUT2D eigenvalue weighted by Crippen LogP contribution is -2.54. The third-order valence-electron chi connectivity index (χ3n) is 3.06. The summed E-state index contributed by atoms with van der Waals surface area (Å²) in [6, 6.07) is -0.0499. The minimum atomic E-state index is -3.31. The number of nitrogens with zero attached hydrogens (tertiary/aromatic N) is 2. The highest BCUT2D eigenvalue weighted by molar-refractivity contribution is 7.86. The van der Waals surface area contributed by atoms with Crippen LogP contribution in [-0.4, -0.2) is 50.3 Å². The summed E-state index contributed by atoms with van der Waals surface area (Å²) in [4.78, 5) is 0. The zero-order valence-electron chi connectivity index (χ0n) is 10.1. The van der Waals surface area contributed by atoms with Gasteiger partial charge in [-0.2, -0.15) is 17.0 Å². The summed E-state index contributed by atoms with van der Waals surface area (Å²) >= 11 is 0. The number of halogens is 1. The van der Waals surface area contributed by atoms with Gasteiger partial charge in [0.15, 0.2) is 0 Å². The summed E-state index contributed by atoms with van der Waals surface area (Å²) in [5.74, 6) is 0.346. The minimum Gasteiger partial charge on any atom is -0.329 e. The Morgan fingerprint density at radius 2 is 2.00 bits per heavy atom. The van der Waals surface area contributed by atoms with E-state index in [4.69, 9.17) is 5.73 Å². The average molecular weight is 272 g/mol. The normalized spacial score (nSPS) is 27.8. The fraction of sp³-hybridized carbons (Fsp3) is 1.00. The summed E-state index contributed by atoms with van der Waals surface area (Å²) in [6.45, 7) is 3.05. The zero-order chi connectivity index (χ0) is 11.6. The quantitative estimate of drug-likeness (QED) is 0.802. The molecule has 0 spiro atoms. The van der Waals surface area contributed by atoms with Crippen molar-refractivity contribution in [3.63, 3.8) is 0 Å². The molecule has 1 aliphatic rings. The van der Waals surface area contributed by atoms with E-state index in [1.54, 1.807) is 18.4 Å². The van der Waals surface area contributed by atoms with Gasteiger partial charge in [0.1, 0.15) is 0 Å². The Bertz CT molecular complexity index is 308. The highest BCUT2D eigenvalue weighted by Crippen LogP contribution is 2.25. The Kier molecular flexibility index (Phi) is 6.21. The van der Waals surface area contributed by atoms with Gasteiger partial charge in [-0.1, -0.05) is 6.92 Å². The molecule has 16 heavy (non-hydrogen) atoms. The third kappa shape index (κ3) is 3.07. The van der Waals surface area contributed by atoms with E-state index >= 15 is 0 Å². The van der Waals surface area contributed by atoms with E-state index in [2.05, 4.69) is 6.92 Å². The molecular weight excluding hydrogens is 250 g/mol. The van der Waals surface area contributed by atoms with Gasteiger partial charge in [0.2, 0.25) is 0 Å². The van der Waals surface area contributed by atoms with Crippen molar-refractivity contribution in [1.29, 1.82) is 0 Å². The van der Waals surface area contributed by atoms with Crippen molar-refractivity contribution < 1.29 is 8.42 Å². The molecule has 0 saturated carbocycles. The van der Waals surface area contributed by atoms with Crippen LogP contribution in [0.25, 0.3) is 0 Å². The highest BCUT2D eigenvalue weighted by Gasteiger charge is 2.36. The second-order valence-corrected chi connectivity index (χ2v) is 6.42. The number of hydrogen-bond acceptors (Lipinski definition) is 3. The fourth-order valence-corrected chi connectivity index (χ4v) is 3.47. The van der Waals surface area contributed by atoms with Crippen molar-refractivity contribution in [2.24, 2.45) is 11.7 Å². The molecule has 1 heterocycles. The van der Waals surface area contributed by atoms with Crippen LogP contribution in [0.3, 0.4) is 0 Å². The number of rotatable bonds is 3. The predicted octanol–water partition coefficient (Wildman–Crippen LogP) is 0.274. The van der Waals surface area contributed by atoms with E-state index in [-0.39, 0.29) is 18.4 Å². The van der Waals surface area contributed by atoms with E-state index in [0.717, 1.165) is 12.8 Å². The van der Waals surface area contributed by atoms with Crippen LogP contribution in [0.15, 0.2) is 0 Å². The van der Waals surface area contributed by atoms with Crippen molar-refractivity contribution in [3.05, 3.63) is 0 Å². The van der Waals surface area contributed by atoms with Crippen molar-refractivity contribution in [3.8, 4) is 0 Å². The molecule has 1 saturated heterocycles. The van der Waals surface area contributed by atoms with Gasteiger partial charge in [0.25, 0.3) is 10.2 Å². The lowest BCUT2D eigenvalue weighted by Gasteiger charge is -2.39. The van der Waals surface area contributed by atoms with E-state index in [9.17, 15) is 8.42 Å². The fourth-order valence-electron chi connectivity index (χ4n) is 2.06. The third-order valence-corrected chi connectivity index (χ3v) is 5.03. The van der Waals surface area contributed by atoms with Gasteiger partial charge in [-0.3, -0.25) is 0 Å².